The van der Waals surface area contributed by atoms with Gasteiger partial charge in [0, 0.05) is 34.6 Å². The van der Waals surface area contributed by atoms with Crippen molar-refractivity contribution in [1.29, 1.82) is 0 Å². The molecule has 186 valence electrons. The topological polar surface area (TPSA) is 167 Å². The molecule has 1 fully saturated rings. The van der Waals surface area contributed by atoms with Gasteiger partial charge in [0.2, 0.25) is 0 Å². The van der Waals surface area contributed by atoms with Gasteiger partial charge in [-0.25, -0.2) is 4.79 Å². The monoisotopic (exact) mass is 476 g/mol. The summed E-state index contributed by atoms with van der Waals surface area (Å²) in [6.07, 6.45) is -6.48. The van der Waals surface area contributed by atoms with Crippen molar-refractivity contribution in [2.24, 2.45) is 0 Å². The van der Waals surface area contributed by atoms with Gasteiger partial charge in [-0.15, -0.1) is 0 Å². The largest absolute Gasteiger partial charge is 0.462 e. The highest BCUT2D eigenvalue weighted by molar-refractivity contribution is 5.82. The molecule has 0 aromatic heterocycles. The Morgan fingerprint density at radius 3 is 1.91 bits per heavy atom. The fourth-order valence-electron chi connectivity index (χ4n) is 3.19. The fourth-order valence-corrected chi connectivity index (χ4v) is 3.19. The third-order valence-corrected chi connectivity index (χ3v) is 4.14. The van der Waals surface area contributed by atoms with E-state index in [1.807, 2.05) is 0 Å². The molecule has 5 atom stereocenters. The average Bonchev–Trinajstić information content (AvgIpc) is 2.65. The summed E-state index contributed by atoms with van der Waals surface area (Å²) in [6, 6.07) is 0. The van der Waals surface area contributed by atoms with Gasteiger partial charge < -0.3 is 33.2 Å². The van der Waals surface area contributed by atoms with Gasteiger partial charge in [0.15, 0.2) is 12.2 Å². The van der Waals surface area contributed by atoms with Crippen LogP contribution in [-0.2, 0) is 61.9 Å². The van der Waals surface area contributed by atoms with Crippen LogP contribution in [0.15, 0.2) is 0 Å². The Morgan fingerprint density at radius 1 is 0.848 bits per heavy atom. The minimum absolute atomic E-state index is 0.123. The second-order valence-corrected chi connectivity index (χ2v) is 7.03. The molecule has 1 saturated heterocycles. The lowest BCUT2D eigenvalue weighted by molar-refractivity contribution is -0.317. The van der Waals surface area contributed by atoms with Gasteiger partial charge in [0.25, 0.3) is 0 Å². The molecule has 1 aliphatic heterocycles. The van der Waals surface area contributed by atoms with E-state index in [9.17, 15) is 28.8 Å². The molecule has 1 aliphatic rings. The van der Waals surface area contributed by atoms with E-state index in [-0.39, 0.29) is 6.61 Å². The maximum absolute atomic E-state index is 12.8. The van der Waals surface area contributed by atoms with Crippen molar-refractivity contribution in [2.45, 2.75) is 78.2 Å². The Morgan fingerprint density at radius 2 is 1.45 bits per heavy atom. The van der Waals surface area contributed by atoms with E-state index in [0.29, 0.717) is 0 Å². The number of esters is 6. The van der Waals surface area contributed by atoms with E-state index < -0.39 is 79.0 Å². The van der Waals surface area contributed by atoms with Crippen molar-refractivity contribution in [1.82, 2.24) is 0 Å². The molecular formula is C20H28O13. The molecule has 0 aromatic rings. The smallest absolute Gasteiger partial charge is 0.379 e. The summed E-state index contributed by atoms with van der Waals surface area (Å²) < 4.78 is 36.5. The summed E-state index contributed by atoms with van der Waals surface area (Å²) in [4.78, 5) is 71.2. The summed E-state index contributed by atoms with van der Waals surface area (Å²) in [5, 5.41) is 0. The minimum atomic E-state index is -2.45. The zero-order chi connectivity index (χ0) is 25.3. The van der Waals surface area contributed by atoms with Crippen LogP contribution in [0.4, 0.5) is 0 Å². The Kier molecular flexibility index (Phi) is 10.2. The van der Waals surface area contributed by atoms with Gasteiger partial charge in [-0.05, 0) is 6.92 Å². The van der Waals surface area contributed by atoms with Crippen LogP contribution >= 0.6 is 0 Å². The fraction of sp³-hybridized carbons (Fsp3) is 0.700. The second-order valence-electron chi connectivity index (χ2n) is 7.03. The molecule has 0 saturated carbocycles. The lowest BCUT2D eigenvalue weighted by Crippen LogP contribution is -2.65. The Hall–Kier alpha value is -3.22. The van der Waals surface area contributed by atoms with E-state index in [0.717, 1.165) is 34.6 Å². The van der Waals surface area contributed by atoms with Gasteiger partial charge in [0.1, 0.15) is 18.8 Å². The second kappa shape index (κ2) is 12.1. The lowest BCUT2D eigenvalue weighted by atomic mass is 9.91. The van der Waals surface area contributed by atoms with Crippen LogP contribution < -0.4 is 0 Å². The Balaban J connectivity index is 3.62. The number of ether oxygens (including phenoxy) is 7. The maximum atomic E-state index is 12.8. The van der Waals surface area contributed by atoms with Gasteiger partial charge in [0.05, 0.1) is 13.0 Å². The molecule has 13 nitrogen and oxygen atoms in total. The van der Waals surface area contributed by atoms with Crippen molar-refractivity contribution in [3.63, 3.8) is 0 Å². The highest BCUT2D eigenvalue weighted by atomic mass is 16.8. The quantitative estimate of drug-likeness (QED) is 0.321. The predicted molar refractivity (Wildman–Crippen MR) is 104 cm³/mol. The van der Waals surface area contributed by atoms with E-state index in [1.165, 1.54) is 6.92 Å². The molecule has 2 unspecified atom stereocenters. The summed E-state index contributed by atoms with van der Waals surface area (Å²) in [5.41, 5.74) is 0. The zero-order valence-electron chi connectivity index (χ0n) is 19.2. The Bertz CT molecular complexity index is 776. The first kappa shape index (κ1) is 27.8. The maximum Gasteiger partial charge on any atom is 0.379 e. The molecule has 1 rings (SSSR count). The van der Waals surface area contributed by atoms with Crippen LogP contribution in [-0.4, -0.2) is 79.2 Å². The first-order valence-electron chi connectivity index (χ1n) is 10.0. The third kappa shape index (κ3) is 8.33. The van der Waals surface area contributed by atoms with E-state index in [4.69, 9.17) is 33.2 Å². The van der Waals surface area contributed by atoms with E-state index in [2.05, 4.69) is 0 Å². The van der Waals surface area contributed by atoms with Crippen LogP contribution in [0.5, 0.6) is 0 Å². The summed E-state index contributed by atoms with van der Waals surface area (Å²) >= 11 is 0. The molecule has 0 amide bonds. The normalized spacial score (nSPS) is 25.1. The van der Waals surface area contributed by atoms with Gasteiger partial charge in [-0.2, -0.15) is 0 Å². The molecule has 0 aliphatic carbocycles. The molecule has 0 radical (unpaired) electrons. The van der Waals surface area contributed by atoms with Gasteiger partial charge in [-0.1, -0.05) is 0 Å². The summed E-state index contributed by atoms with van der Waals surface area (Å²) in [5.74, 6) is -7.74. The van der Waals surface area contributed by atoms with Gasteiger partial charge >= 0.3 is 41.6 Å². The van der Waals surface area contributed by atoms with E-state index >= 15 is 0 Å². The number of carbonyl (C=O) groups is 6. The van der Waals surface area contributed by atoms with E-state index in [1.54, 1.807) is 0 Å². The summed E-state index contributed by atoms with van der Waals surface area (Å²) in [7, 11) is 0. The SMILES string of the molecule is CCOC(=O)C1(OC(C)=O)C[C@H](OC(C)=O)[C@@H](OC(C)=O)[C@@H](C(COC(C)=O)OC(C)=O)O1. The van der Waals surface area contributed by atoms with Crippen molar-refractivity contribution in [2.75, 3.05) is 13.2 Å². The van der Waals surface area contributed by atoms with Crippen molar-refractivity contribution in [3.05, 3.63) is 0 Å². The average molecular weight is 476 g/mol. The van der Waals surface area contributed by atoms with Crippen LogP contribution in [0.25, 0.3) is 0 Å². The molecule has 0 spiro atoms. The van der Waals surface area contributed by atoms with Crippen LogP contribution in [0.2, 0.25) is 0 Å². The molecule has 0 bridgehead atoms. The molecular weight excluding hydrogens is 448 g/mol. The lowest BCUT2D eigenvalue weighted by Gasteiger charge is -2.46. The number of hydrogen-bond acceptors (Lipinski definition) is 13. The predicted octanol–water partition coefficient (Wildman–Crippen LogP) is -0.0440. The van der Waals surface area contributed by atoms with Gasteiger partial charge in [-0.3, -0.25) is 24.0 Å². The first-order chi connectivity index (χ1) is 15.3. The third-order valence-electron chi connectivity index (χ3n) is 4.14. The minimum Gasteiger partial charge on any atom is -0.462 e. The highest BCUT2D eigenvalue weighted by Gasteiger charge is 2.60. The first-order valence-corrected chi connectivity index (χ1v) is 10.0. The number of carbonyl (C=O) groups excluding carboxylic acids is 6. The molecule has 0 aromatic carbocycles. The standard InChI is InChI=1S/C20H28O13/c1-7-27-19(26)20(32-14(6)25)8-15(29-11(3)22)17(31-13(5)24)18(33-20)16(30-12(4)23)9-28-10(2)21/h15-18H,7-9H2,1-6H3/t15-,16?,17+,18+,20?/m0/s1. The highest BCUT2D eigenvalue weighted by Crippen LogP contribution is 2.37. The van der Waals surface area contributed by atoms with Crippen molar-refractivity contribution < 1.29 is 61.9 Å². The van der Waals surface area contributed by atoms with Crippen LogP contribution in [0, 0.1) is 0 Å². The van der Waals surface area contributed by atoms with Crippen LogP contribution in [0.1, 0.15) is 48.0 Å². The van der Waals surface area contributed by atoms with Crippen molar-refractivity contribution in [3.8, 4) is 0 Å². The van der Waals surface area contributed by atoms with Crippen LogP contribution in [0.3, 0.4) is 0 Å². The number of hydrogen-bond donors (Lipinski definition) is 0. The summed E-state index contributed by atoms with van der Waals surface area (Å²) in [6.45, 7) is 6.07. The molecule has 13 heteroatoms. The Labute approximate surface area is 189 Å². The van der Waals surface area contributed by atoms with Crippen molar-refractivity contribution >= 4 is 35.8 Å². The zero-order valence-corrected chi connectivity index (χ0v) is 19.2. The number of rotatable bonds is 9. The molecule has 1 heterocycles. The molecule has 33 heavy (non-hydrogen) atoms. The molecule has 0 N–H and O–H groups in total.